The molecule has 0 amide bonds. The van der Waals surface area contributed by atoms with Crippen LogP contribution in [0.15, 0.2) is 47.1 Å². The zero-order valence-electron chi connectivity index (χ0n) is 13.0. The fourth-order valence-corrected chi connectivity index (χ4v) is 2.12. The Hall–Kier alpha value is -1.74. The molecule has 1 aromatic heterocycles. The molecule has 0 atom stereocenters. The lowest BCUT2D eigenvalue weighted by Gasteiger charge is -2.09. The lowest BCUT2D eigenvalue weighted by Crippen LogP contribution is -2.15. The molecule has 114 valence electrons. The molecule has 0 aliphatic carbocycles. The van der Waals surface area contributed by atoms with Gasteiger partial charge >= 0.3 is 0 Å². The summed E-state index contributed by atoms with van der Waals surface area (Å²) < 4.78 is 11.0. The molecule has 3 nitrogen and oxygen atoms in total. The Morgan fingerprint density at radius 1 is 1.10 bits per heavy atom. The van der Waals surface area contributed by atoms with Crippen molar-refractivity contribution in [2.24, 2.45) is 0 Å². The van der Waals surface area contributed by atoms with E-state index in [1.165, 1.54) is 5.56 Å². The fourth-order valence-electron chi connectivity index (χ4n) is 2.12. The van der Waals surface area contributed by atoms with Gasteiger partial charge in [-0.15, -0.1) is 0 Å². The summed E-state index contributed by atoms with van der Waals surface area (Å²) >= 11 is 0. The third kappa shape index (κ3) is 5.64. The average Bonchev–Trinajstić information content (AvgIpc) is 3.00. The molecular weight excluding hydrogens is 262 g/mol. The monoisotopic (exact) mass is 287 g/mol. The predicted molar refractivity (Wildman–Crippen MR) is 85.7 cm³/mol. The summed E-state index contributed by atoms with van der Waals surface area (Å²) in [4.78, 5) is 0. The van der Waals surface area contributed by atoms with Crippen LogP contribution in [0.4, 0.5) is 0 Å². The van der Waals surface area contributed by atoms with E-state index >= 15 is 0 Å². The molecule has 1 aromatic carbocycles. The molecule has 21 heavy (non-hydrogen) atoms. The van der Waals surface area contributed by atoms with Gasteiger partial charge in [0.25, 0.3) is 0 Å². The average molecular weight is 287 g/mol. The summed E-state index contributed by atoms with van der Waals surface area (Å²) in [6, 6.07) is 12.3. The molecule has 0 unspecified atom stereocenters. The largest absolute Gasteiger partial charge is 0.494 e. The molecule has 0 aliphatic rings. The van der Waals surface area contributed by atoms with Crippen LogP contribution in [0.25, 0.3) is 0 Å². The van der Waals surface area contributed by atoms with Gasteiger partial charge < -0.3 is 14.5 Å². The van der Waals surface area contributed by atoms with Crippen molar-refractivity contribution in [2.75, 3.05) is 13.2 Å². The van der Waals surface area contributed by atoms with Crippen molar-refractivity contribution < 1.29 is 9.15 Å². The van der Waals surface area contributed by atoms with Crippen LogP contribution in [0, 0.1) is 0 Å². The van der Waals surface area contributed by atoms with Crippen LogP contribution in [-0.4, -0.2) is 13.2 Å². The minimum Gasteiger partial charge on any atom is -0.494 e. The summed E-state index contributed by atoms with van der Waals surface area (Å²) in [7, 11) is 0. The maximum absolute atomic E-state index is 5.75. The van der Waals surface area contributed by atoms with E-state index in [4.69, 9.17) is 9.15 Å². The number of furan rings is 1. The molecule has 0 saturated carbocycles. The van der Waals surface area contributed by atoms with Gasteiger partial charge in [-0.25, -0.2) is 0 Å². The van der Waals surface area contributed by atoms with Crippen LogP contribution in [0.3, 0.4) is 0 Å². The zero-order valence-corrected chi connectivity index (χ0v) is 13.0. The topological polar surface area (TPSA) is 34.4 Å². The third-order valence-corrected chi connectivity index (χ3v) is 3.44. The van der Waals surface area contributed by atoms with Gasteiger partial charge in [0.05, 0.1) is 19.4 Å². The molecule has 0 bridgehead atoms. The Labute approximate surface area is 127 Å². The normalized spacial score (nSPS) is 11.0. The maximum atomic E-state index is 5.75. The molecule has 0 fully saturated rings. The Morgan fingerprint density at radius 2 is 1.90 bits per heavy atom. The van der Waals surface area contributed by atoms with Crippen molar-refractivity contribution >= 4 is 0 Å². The minimum absolute atomic E-state index is 0.569. The highest BCUT2D eigenvalue weighted by Gasteiger charge is 1.99. The van der Waals surface area contributed by atoms with E-state index in [0.717, 1.165) is 44.0 Å². The molecule has 0 saturated heterocycles. The summed E-state index contributed by atoms with van der Waals surface area (Å²) in [5, 5.41) is 3.36. The Bertz CT molecular complexity index is 488. The van der Waals surface area contributed by atoms with Crippen LogP contribution in [0.1, 0.15) is 43.9 Å². The minimum atomic E-state index is 0.569. The van der Waals surface area contributed by atoms with Crippen molar-refractivity contribution in [1.82, 2.24) is 5.32 Å². The first kappa shape index (κ1) is 15.6. The van der Waals surface area contributed by atoms with Gasteiger partial charge in [0, 0.05) is 0 Å². The van der Waals surface area contributed by atoms with Gasteiger partial charge in [0.1, 0.15) is 11.5 Å². The molecule has 0 aliphatic heterocycles. The van der Waals surface area contributed by atoms with Crippen molar-refractivity contribution in [2.45, 2.75) is 39.2 Å². The fraction of sp³-hybridized carbons (Fsp3) is 0.444. The van der Waals surface area contributed by atoms with Crippen LogP contribution in [-0.2, 0) is 6.54 Å². The number of benzene rings is 1. The zero-order chi connectivity index (χ0) is 14.9. The van der Waals surface area contributed by atoms with E-state index in [1.54, 1.807) is 6.26 Å². The van der Waals surface area contributed by atoms with Crippen molar-refractivity contribution in [3.05, 3.63) is 54.0 Å². The predicted octanol–water partition coefficient (Wildman–Crippen LogP) is 4.35. The highest BCUT2D eigenvalue weighted by atomic mass is 16.5. The first-order valence-corrected chi connectivity index (χ1v) is 7.71. The summed E-state index contributed by atoms with van der Waals surface area (Å²) in [6.45, 7) is 6.95. The summed E-state index contributed by atoms with van der Waals surface area (Å²) in [5.41, 5.74) is 1.35. The molecular formula is C18H25NO2. The third-order valence-electron chi connectivity index (χ3n) is 3.44. The lowest BCUT2D eigenvalue weighted by molar-refractivity contribution is 0.305. The van der Waals surface area contributed by atoms with E-state index in [2.05, 4.69) is 43.4 Å². The van der Waals surface area contributed by atoms with Gasteiger partial charge in [-0.2, -0.15) is 0 Å². The number of hydrogen-bond acceptors (Lipinski definition) is 3. The molecule has 1 N–H and O–H groups in total. The van der Waals surface area contributed by atoms with Crippen molar-refractivity contribution in [3.8, 4) is 5.75 Å². The Kier molecular flexibility index (Phi) is 6.35. The first-order chi connectivity index (χ1) is 10.3. The molecule has 3 heteroatoms. The lowest BCUT2D eigenvalue weighted by atomic mass is 10.0. The van der Waals surface area contributed by atoms with Gasteiger partial charge in [-0.05, 0) is 55.1 Å². The van der Waals surface area contributed by atoms with Crippen molar-refractivity contribution in [1.29, 1.82) is 0 Å². The second-order valence-electron chi connectivity index (χ2n) is 5.54. The quantitative estimate of drug-likeness (QED) is 0.696. The van der Waals surface area contributed by atoms with E-state index < -0.39 is 0 Å². The second-order valence-corrected chi connectivity index (χ2v) is 5.54. The van der Waals surface area contributed by atoms with Crippen LogP contribution >= 0.6 is 0 Å². The van der Waals surface area contributed by atoms with Gasteiger partial charge in [-0.3, -0.25) is 0 Å². The molecule has 0 radical (unpaired) electrons. The van der Waals surface area contributed by atoms with E-state index in [-0.39, 0.29) is 0 Å². The number of rotatable bonds is 9. The first-order valence-electron chi connectivity index (χ1n) is 7.71. The summed E-state index contributed by atoms with van der Waals surface area (Å²) in [5.74, 6) is 2.51. The number of hydrogen-bond donors (Lipinski definition) is 1. The van der Waals surface area contributed by atoms with E-state index in [9.17, 15) is 0 Å². The standard InChI is InChI=1S/C18H25NO2/c1-15(2)16-7-9-17(10-8-16)20-12-4-3-11-19-14-18-6-5-13-21-18/h5-10,13,15,19H,3-4,11-12,14H2,1-2H3. The van der Waals surface area contributed by atoms with Gasteiger partial charge in [0.2, 0.25) is 0 Å². The van der Waals surface area contributed by atoms with Crippen LogP contribution in [0.2, 0.25) is 0 Å². The highest BCUT2D eigenvalue weighted by Crippen LogP contribution is 2.18. The van der Waals surface area contributed by atoms with Gasteiger partial charge in [0.15, 0.2) is 0 Å². The number of ether oxygens (including phenoxy) is 1. The molecule has 1 heterocycles. The van der Waals surface area contributed by atoms with E-state index in [1.807, 2.05) is 12.1 Å². The smallest absolute Gasteiger partial charge is 0.119 e. The SMILES string of the molecule is CC(C)c1ccc(OCCCCNCc2ccco2)cc1. The Balaban J connectivity index is 1.53. The Morgan fingerprint density at radius 3 is 2.57 bits per heavy atom. The van der Waals surface area contributed by atoms with Crippen molar-refractivity contribution in [3.63, 3.8) is 0 Å². The summed E-state index contributed by atoms with van der Waals surface area (Å²) in [6.07, 6.45) is 3.86. The highest BCUT2D eigenvalue weighted by molar-refractivity contribution is 5.28. The molecule has 2 rings (SSSR count). The van der Waals surface area contributed by atoms with E-state index in [0.29, 0.717) is 5.92 Å². The van der Waals surface area contributed by atoms with Gasteiger partial charge in [-0.1, -0.05) is 26.0 Å². The number of nitrogens with one attached hydrogen (secondary N) is 1. The molecule has 2 aromatic rings. The second kappa shape index (κ2) is 8.53. The maximum Gasteiger partial charge on any atom is 0.119 e. The number of unbranched alkanes of at least 4 members (excludes halogenated alkanes) is 1. The van der Waals surface area contributed by atoms with Crippen LogP contribution < -0.4 is 10.1 Å². The molecule has 0 spiro atoms. The van der Waals surface area contributed by atoms with Crippen LogP contribution in [0.5, 0.6) is 5.75 Å².